The SMILES string of the molecule is CCCn1ccnc1CNc1ccc2c(c1)OCO2. The summed E-state index contributed by atoms with van der Waals surface area (Å²) in [5, 5.41) is 3.36. The number of anilines is 1. The minimum absolute atomic E-state index is 0.305. The zero-order chi connectivity index (χ0) is 13.1. The molecule has 0 spiro atoms. The maximum absolute atomic E-state index is 5.36. The Balaban J connectivity index is 1.67. The summed E-state index contributed by atoms with van der Waals surface area (Å²) in [5.41, 5.74) is 1.01. The molecule has 2 heterocycles. The maximum atomic E-state index is 5.36. The van der Waals surface area contributed by atoms with Gasteiger partial charge in [-0.3, -0.25) is 0 Å². The van der Waals surface area contributed by atoms with E-state index in [1.165, 1.54) is 0 Å². The van der Waals surface area contributed by atoms with Gasteiger partial charge in [-0.2, -0.15) is 0 Å². The lowest BCUT2D eigenvalue weighted by Gasteiger charge is -2.09. The second-order valence-electron chi connectivity index (χ2n) is 4.46. The number of imidazole rings is 1. The van der Waals surface area contributed by atoms with Gasteiger partial charge in [0, 0.05) is 30.7 Å². The monoisotopic (exact) mass is 259 g/mol. The molecule has 5 nitrogen and oxygen atoms in total. The zero-order valence-corrected chi connectivity index (χ0v) is 10.9. The number of hydrogen-bond acceptors (Lipinski definition) is 4. The quantitative estimate of drug-likeness (QED) is 0.896. The van der Waals surface area contributed by atoms with Crippen LogP contribution in [0.2, 0.25) is 0 Å². The third kappa shape index (κ3) is 2.50. The molecule has 0 aliphatic carbocycles. The fourth-order valence-electron chi connectivity index (χ4n) is 2.14. The van der Waals surface area contributed by atoms with Crippen LogP contribution in [0, 0.1) is 0 Å². The number of nitrogens with zero attached hydrogens (tertiary/aromatic N) is 2. The standard InChI is InChI=1S/C14H17N3O2/c1-2-6-17-7-5-15-14(17)9-16-11-3-4-12-13(8-11)19-10-18-12/h3-5,7-8,16H,2,6,9-10H2,1H3. The third-order valence-electron chi connectivity index (χ3n) is 3.09. The van der Waals surface area contributed by atoms with Gasteiger partial charge in [0.15, 0.2) is 11.5 Å². The molecular formula is C14H17N3O2. The molecule has 0 saturated carbocycles. The number of nitrogens with one attached hydrogen (secondary N) is 1. The van der Waals surface area contributed by atoms with Crippen LogP contribution < -0.4 is 14.8 Å². The van der Waals surface area contributed by atoms with E-state index in [9.17, 15) is 0 Å². The maximum Gasteiger partial charge on any atom is 0.231 e. The molecule has 3 rings (SSSR count). The second kappa shape index (κ2) is 5.22. The van der Waals surface area contributed by atoms with E-state index < -0.39 is 0 Å². The van der Waals surface area contributed by atoms with Crippen molar-refractivity contribution >= 4 is 5.69 Å². The first-order valence-electron chi connectivity index (χ1n) is 6.50. The van der Waals surface area contributed by atoms with Crippen LogP contribution in [0.3, 0.4) is 0 Å². The van der Waals surface area contributed by atoms with Crippen molar-refractivity contribution in [3.8, 4) is 11.5 Å². The first-order chi connectivity index (χ1) is 9.36. The lowest BCUT2D eigenvalue weighted by atomic mass is 10.3. The number of fused-ring (bicyclic) bond motifs is 1. The molecule has 1 N–H and O–H groups in total. The van der Waals surface area contributed by atoms with Crippen LogP contribution in [0.1, 0.15) is 19.2 Å². The van der Waals surface area contributed by atoms with E-state index in [0.29, 0.717) is 13.3 Å². The van der Waals surface area contributed by atoms with E-state index in [0.717, 1.165) is 36.0 Å². The molecule has 2 aromatic rings. The molecule has 0 saturated heterocycles. The van der Waals surface area contributed by atoms with Crippen molar-refractivity contribution in [2.24, 2.45) is 0 Å². The van der Waals surface area contributed by atoms with Gasteiger partial charge in [-0.15, -0.1) is 0 Å². The van der Waals surface area contributed by atoms with Gasteiger partial charge in [0.1, 0.15) is 5.82 Å². The number of benzene rings is 1. The van der Waals surface area contributed by atoms with E-state index in [4.69, 9.17) is 9.47 Å². The number of aromatic nitrogens is 2. The van der Waals surface area contributed by atoms with Crippen LogP contribution in [0.4, 0.5) is 5.69 Å². The molecule has 0 unspecified atom stereocenters. The molecule has 1 aromatic carbocycles. The lowest BCUT2D eigenvalue weighted by molar-refractivity contribution is 0.174. The summed E-state index contributed by atoms with van der Waals surface area (Å²) >= 11 is 0. The first-order valence-corrected chi connectivity index (χ1v) is 6.50. The van der Waals surface area contributed by atoms with Crippen molar-refractivity contribution in [3.63, 3.8) is 0 Å². The third-order valence-corrected chi connectivity index (χ3v) is 3.09. The minimum atomic E-state index is 0.305. The van der Waals surface area contributed by atoms with Crippen LogP contribution in [0.25, 0.3) is 0 Å². The van der Waals surface area contributed by atoms with Crippen LogP contribution in [-0.4, -0.2) is 16.3 Å². The highest BCUT2D eigenvalue weighted by Crippen LogP contribution is 2.34. The first kappa shape index (κ1) is 11.9. The predicted molar refractivity (Wildman–Crippen MR) is 72.4 cm³/mol. The van der Waals surface area contributed by atoms with Crippen molar-refractivity contribution < 1.29 is 9.47 Å². The highest BCUT2D eigenvalue weighted by Gasteiger charge is 2.13. The van der Waals surface area contributed by atoms with Gasteiger partial charge in [-0.25, -0.2) is 4.98 Å². The largest absolute Gasteiger partial charge is 0.454 e. The lowest BCUT2D eigenvalue weighted by Crippen LogP contribution is -2.08. The normalized spacial score (nSPS) is 12.7. The van der Waals surface area contributed by atoms with Gasteiger partial charge in [0.25, 0.3) is 0 Å². The summed E-state index contributed by atoms with van der Waals surface area (Å²) in [4.78, 5) is 4.37. The van der Waals surface area contributed by atoms with Crippen molar-refractivity contribution in [2.45, 2.75) is 26.4 Å². The Kier molecular flexibility index (Phi) is 3.27. The average molecular weight is 259 g/mol. The Morgan fingerprint density at radius 1 is 1.32 bits per heavy atom. The summed E-state index contributed by atoms with van der Waals surface area (Å²) in [6, 6.07) is 5.86. The second-order valence-corrected chi connectivity index (χ2v) is 4.46. The van der Waals surface area contributed by atoms with Gasteiger partial charge in [0.2, 0.25) is 6.79 Å². The van der Waals surface area contributed by atoms with Crippen molar-refractivity contribution in [2.75, 3.05) is 12.1 Å². The van der Waals surface area contributed by atoms with Gasteiger partial charge in [-0.05, 0) is 18.6 Å². The number of rotatable bonds is 5. The fourth-order valence-corrected chi connectivity index (χ4v) is 2.14. The van der Waals surface area contributed by atoms with E-state index in [-0.39, 0.29) is 0 Å². The molecular weight excluding hydrogens is 242 g/mol. The van der Waals surface area contributed by atoms with Crippen molar-refractivity contribution in [1.82, 2.24) is 9.55 Å². The van der Waals surface area contributed by atoms with E-state index >= 15 is 0 Å². The molecule has 1 aromatic heterocycles. The van der Waals surface area contributed by atoms with Gasteiger partial charge in [-0.1, -0.05) is 6.92 Å². The van der Waals surface area contributed by atoms with Crippen LogP contribution in [-0.2, 0) is 13.1 Å². The smallest absolute Gasteiger partial charge is 0.231 e. The van der Waals surface area contributed by atoms with Crippen LogP contribution in [0.15, 0.2) is 30.6 Å². The Morgan fingerprint density at radius 3 is 3.11 bits per heavy atom. The summed E-state index contributed by atoms with van der Waals surface area (Å²) in [6.45, 7) is 4.17. The minimum Gasteiger partial charge on any atom is -0.454 e. The van der Waals surface area contributed by atoms with E-state index in [2.05, 4.69) is 21.8 Å². The molecule has 0 radical (unpaired) electrons. The molecule has 0 fully saturated rings. The Bertz CT molecular complexity index is 566. The molecule has 0 amide bonds. The van der Waals surface area contributed by atoms with Gasteiger partial charge >= 0.3 is 0 Å². The van der Waals surface area contributed by atoms with Crippen LogP contribution >= 0.6 is 0 Å². The molecule has 100 valence electrons. The number of hydrogen-bond donors (Lipinski definition) is 1. The highest BCUT2D eigenvalue weighted by molar-refractivity contribution is 5.55. The topological polar surface area (TPSA) is 48.3 Å². The Hall–Kier alpha value is -2.17. The zero-order valence-electron chi connectivity index (χ0n) is 10.9. The van der Waals surface area contributed by atoms with Gasteiger partial charge < -0.3 is 19.4 Å². The Morgan fingerprint density at radius 2 is 2.21 bits per heavy atom. The summed E-state index contributed by atoms with van der Waals surface area (Å²) in [5.74, 6) is 2.64. The van der Waals surface area contributed by atoms with Crippen molar-refractivity contribution in [1.29, 1.82) is 0 Å². The average Bonchev–Trinajstić information content (AvgIpc) is 3.05. The molecule has 19 heavy (non-hydrogen) atoms. The van der Waals surface area contributed by atoms with Crippen molar-refractivity contribution in [3.05, 3.63) is 36.4 Å². The fraction of sp³-hybridized carbons (Fsp3) is 0.357. The number of ether oxygens (including phenoxy) is 2. The highest BCUT2D eigenvalue weighted by atomic mass is 16.7. The summed E-state index contributed by atoms with van der Waals surface area (Å²) < 4.78 is 12.8. The molecule has 1 aliphatic heterocycles. The summed E-state index contributed by atoms with van der Waals surface area (Å²) in [6.07, 6.45) is 4.96. The van der Waals surface area contributed by atoms with E-state index in [1.54, 1.807) is 0 Å². The molecule has 5 heteroatoms. The molecule has 0 bridgehead atoms. The molecule has 1 aliphatic rings. The van der Waals surface area contributed by atoms with Gasteiger partial charge in [0.05, 0.1) is 6.54 Å². The Labute approximate surface area is 112 Å². The van der Waals surface area contributed by atoms with E-state index in [1.807, 2.05) is 30.6 Å². The predicted octanol–water partition coefficient (Wildman–Crippen LogP) is 2.63. The molecule has 0 atom stereocenters. The van der Waals surface area contributed by atoms with Crippen LogP contribution in [0.5, 0.6) is 11.5 Å². The number of aryl methyl sites for hydroxylation is 1. The summed E-state index contributed by atoms with van der Waals surface area (Å²) in [7, 11) is 0.